The van der Waals surface area contributed by atoms with Gasteiger partial charge in [-0.15, -0.1) is 5.10 Å². The maximum Gasteiger partial charge on any atom is 0.326 e. The molecule has 4 aromatic heterocycles. The zero-order valence-corrected chi connectivity index (χ0v) is 22.5. The molecule has 41 heavy (non-hydrogen) atoms. The molecule has 0 saturated carbocycles. The van der Waals surface area contributed by atoms with Crippen molar-refractivity contribution in [3.05, 3.63) is 23.0 Å². The number of nitrogens with two attached hydrogens (primary N) is 2. The number of nitrogen functional groups attached to an aromatic ring is 2. The quantitative estimate of drug-likeness (QED) is 0.113. The number of fused-ring (bicyclic) bond motifs is 2. The van der Waals surface area contributed by atoms with E-state index in [-0.39, 0.29) is 47.1 Å². The molecule has 2 saturated heterocycles. The van der Waals surface area contributed by atoms with Gasteiger partial charge < -0.3 is 40.6 Å². The van der Waals surface area contributed by atoms with Gasteiger partial charge in [0.05, 0.1) is 32.3 Å². The topological polar surface area (TPSA) is 270 Å². The average molecular weight is 616 g/mol. The monoisotopic (exact) mass is 615 g/mol. The highest BCUT2D eigenvalue weighted by Gasteiger charge is 2.54. The first-order chi connectivity index (χ1) is 19.5. The molecule has 6 heterocycles. The second kappa shape index (κ2) is 9.93. The van der Waals surface area contributed by atoms with Crippen molar-refractivity contribution in [1.29, 1.82) is 0 Å². The fourth-order valence-corrected chi connectivity index (χ4v) is 6.40. The highest BCUT2D eigenvalue weighted by Crippen LogP contribution is 2.53. The first-order valence-corrected chi connectivity index (χ1v) is 14.5. The van der Waals surface area contributed by atoms with Gasteiger partial charge in [-0.2, -0.15) is 9.67 Å². The lowest BCUT2D eigenvalue weighted by Crippen LogP contribution is -2.43. The van der Waals surface area contributed by atoms with Crippen LogP contribution in [0.5, 0.6) is 0 Å². The van der Waals surface area contributed by atoms with Gasteiger partial charge in [0, 0.05) is 6.42 Å². The molecule has 4 aromatic rings. The Morgan fingerprint density at radius 1 is 1.24 bits per heavy atom. The highest BCUT2D eigenvalue weighted by atomic mass is 32.5. The van der Waals surface area contributed by atoms with E-state index in [1.54, 1.807) is 0 Å². The van der Waals surface area contributed by atoms with E-state index in [1.165, 1.54) is 0 Å². The number of aromatic amines is 1. The third-order valence-corrected chi connectivity index (χ3v) is 8.35. The molecule has 0 spiro atoms. The van der Waals surface area contributed by atoms with E-state index in [0.717, 1.165) is 21.9 Å². The molecule has 2 aliphatic rings. The van der Waals surface area contributed by atoms with E-state index in [0.29, 0.717) is 0 Å². The van der Waals surface area contributed by atoms with Crippen molar-refractivity contribution in [2.75, 3.05) is 37.9 Å². The van der Waals surface area contributed by atoms with E-state index >= 15 is 4.39 Å². The summed E-state index contributed by atoms with van der Waals surface area (Å²) in [6, 6.07) is 0. The Balaban J connectivity index is 1.23. The van der Waals surface area contributed by atoms with Crippen LogP contribution in [0.3, 0.4) is 0 Å². The molecule has 1 unspecified atom stereocenters. The zero-order valence-electron chi connectivity index (χ0n) is 20.8. The first kappa shape index (κ1) is 27.9. The minimum atomic E-state index is -4.25. The molecule has 220 valence electrons. The zero-order chi connectivity index (χ0) is 29.2. The molecule has 0 aromatic carbocycles. The maximum atomic E-state index is 16.0. The molecule has 0 radical (unpaired) electrons. The lowest BCUT2D eigenvalue weighted by atomic mass is 10.1. The molecular weight excluding hydrogens is 592 g/mol. The number of ether oxygens (including phenoxy) is 2. The SMILES string of the molecule is Nc1nc2c(nnn2[C@@]2(OP(O)(=S)OC[C@H]3OC[C@@](F)(n4cnc5c(N)ncnc54)[C@@H]3O)CO[C@H](CO)C2)c(=O)[nH]1. The van der Waals surface area contributed by atoms with Crippen molar-refractivity contribution in [2.24, 2.45) is 0 Å². The summed E-state index contributed by atoms with van der Waals surface area (Å²) in [6.07, 6.45) is -1.74. The van der Waals surface area contributed by atoms with Gasteiger partial charge in [-0.3, -0.25) is 18.9 Å². The number of nitrogens with one attached hydrogen (secondary N) is 1. The molecule has 6 rings (SSSR count). The van der Waals surface area contributed by atoms with Crippen LogP contribution in [-0.4, -0.2) is 104 Å². The molecule has 19 nitrogen and oxygen atoms in total. The number of aliphatic hydroxyl groups excluding tert-OH is 2. The van der Waals surface area contributed by atoms with Crippen LogP contribution in [0.15, 0.2) is 17.4 Å². The van der Waals surface area contributed by atoms with E-state index in [1.807, 2.05) is 0 Å². The van der Waals surface area contributed by atoms with Crippen LogP contribution in [-0.2, 0) is 41.8 Å². The highest BCUT2D eigenvalue weighted by molar-refractivity contribution is 8.07. The molecule has 2 fully saturated rings. The summed E-state index contributed by atoms with van der Waals surface area (Å²) in [4.78, 5) is 41.4. The van der Waals surface area contributed by atoms with E-state index in [9.17, 15) is 19.9 Å². The van der Waals surface area contributed by atoms with Crippen molar-refractivity contribution in [3.8, 4) is 0 Å². The third-order valence-electron chi connectivity index (χ3n) is 6.77. The molecule has 6 atom stereocenters. The molecule has 2 aliphatic heterocycles. The van der Waals surface area contributed by atoms with Crippen molar-refractivity contribution in [3.63, 3.8) is 0 Å². The van der Waals surface area contributed by atoms with Crippen LogP contribution in [0.2, 0.25) is 0 Å². The number of hydrogen-bond donors (Lipinski definition) is 6. The standard InChI is InChI=1S/C19H23FN11O8PS/c20-19(30-7-25-10-13(21)23-6-24-14(10)30)5-37-9(12(19)33)3-38-40(35,41)39-18(1-8(2-32)36-4-18)31-15-11(28-29-31)16(34)27-17(22)26-15/h6-9,12,32-33H,1-5H2,(H,35,41)(H2,21,23,24)(H3,22,26,27,34)/t8-,9+,12+,18-,19+,40?/m0/s1. The lowest BCUT2D eigenvalue weighted by molar-refractivity contribution is -0.0582. The molecule has 0 bridgehead atoms. The van der Waals surface area contributed by atoms with Crippen LogP contribution >= 0.6 is 6.72 Å². The molecular formula is C19H23FN11O8PS. The van der Waals surface area contributed by atoms with Crippen molar-refractivity contribution in [1.82, 2.24) is 44.5 Å². The number of anilines is 2. The summed E-state index contributed by atoms with van der Waals surface area (Å²) in [7, 11) is 0. The number of imidazole rings is 1. The lowest BCUT2D eigenvalue weighted by Gasteiger charge is -2.32. The normalized spacial score (nSPS) is 29.9. The van der Waals surface area contributed by atoms with Gasteiger partial charge in [-0.05, 0) is 11.8 Å². The van der Waals surface area contributed by atoms with Gasteiger partial charge in [0.25, 0.3) is 5.56 Å². The van der Waals surface area contributed by atoms with Crippen molar-refractivity contribution >= 4 is 52.6 Å². The van der Waals surface area contributed by atoms with Crippen molar-refractivity contribution < 1.29 is 38.0 Å². The molecule has 22 heteroatoms. The Morgan fingerprint density at radius 3 is 2.80 bits per heavy atom. The Hall–Kier alpha value is -3.27. The van der Waals surface area contributed by atoms with Gasteiger partial charge in [0.2, 0.25) is 11.7 Å². The van der Waals surface area contributed by atoms with Crippen LogP contribution < -0.4 is 17.0 Å². The molecule has 0 aliphatic carbocycles. The first-order valence-electron chi connectivity index (χ1n) is 11.9. The molecule has 0 amide bonds. The predicted molar refractivity (Wildman–Crippen MR) is 138 cm³/mol. The van der Waals surface area contributed by atoms with Crippen LogP contribution in [0.4, 0.5) is 16.2 Å². The Bertz CT molecular complexity index is 1740. The Kier molecular flexibility index (Phi) is 6.75. The summed E-state index contributed by atoms with van der Waals surface area (Å²) >= 11 is 5.22. The van der Waals surface area contributed by atoms with Gasteiger partial charge in [-0.25, -0.2) is 19.3 Å². The Morgan fingerprint density at radius 2 is 2.05 bits per heavy atom. The smallest absolute Gasteiger partial charge is 0.326 e. The van der Waals surface area contributed by atoms with Gasteiger partial charge in [-0.1, -0.05) is 5.21 Å². The number of aromatic nitrogens is 9. The number of rotatable bonds is 8. The second-order valence-electron chi connectivity index (χ2n) is 9.40. The summed E-state index contributed by atoms with van der Waals surface area (Å²) in [5, 5.41) is 28.3. The minimum Gasteiger partial charge on any atom is -0.394 e. The van der Waals surface area contributed by atoms with Crippen LogP contribution in [0.1, 0.15) is 6.42 Å². The van der Waals surface area contributed by atoms with Crippen LogP contribution in [0.25, 0.3) is 22.3 Å². The average Bonchev–Trinajstić information content (AvgIpc) is 3.69. The van der Waals surface area contributed by atoms with Gasteiger partial charge in [0.1, 0.15) is 30.7 Å². The van der Waals surface area contributed by atoms with E-state index < -0.39 is 61.9 Å². The Labute approximate surface area is 232 Å². The van der Waals surface area contributed by atoms with Gasteiger partial charge in [0.15, 0.2) is 28.4 Å². The predicted octanol–water partition coefficient (Wildman–Crippen LogP) is -2.42. The fraction of sp³-hybridized carbons (Fsp3) is 0.526. The number of nitrogens with zero attached hydrogens (tertiary/aromatic N) is 8. The number of hydrogen-bond acceptors (Lipinski definition) is 16. The fourth-order valence-electron chi connectivity index (χ4n) is 4.78. The summed E-state index contributed by atoms with van der Waals surface area (Å²) in [5.41, 5.74) is 8.95. The number of H-pyrrole nitrogens is 1. The largest absolute Gasteiger partial charge is 0.394 e. The maximum absolute atomic E-state index is 16.0. The summed E-state index contributed by atoms with van der Waals surface area (Å²) in [6.45, 7) is -6.17. The summed E-state index contributed by atoms with van der Waals surface area (Å²) < 4.78 is 40.4. The third kappa shape index (κ3) is 4.64. The number of aliphatic hydroxyl groups is 2. The number of halogens is 1. The molecule has 8 N–H and O–H groups in total. The van der Waals surface area contributed by atoms with E-state index in [4.69, 9.17) is 41.8 Å². The van der Waals surface area contributed by atoms with Crippen LogP contribution in [0, 0.1) is 0 Å². The van der Waals surface area contributed by atoms with Gasteiger partial charge >= 0.3 is 6.72 Å². The second-order valence-corrected chi connectivity index (χ2v) is 12.2. The number of alkyl halides is 1. The minimum absolute atomic E-state index is 0.0275. The van der Waals surface area contributed by atoms with E-state index in [2.05, 4.69) is 35.2 Å². The summed E-state index contributed by atoms with van der Waals surface area (Å²) in [5.74, 6) is -2.73. The van der Waals surface area contributed by atoms with Crippen molar-refractivity contribution in [2.45, 2.75) is 36.3 Å².